The van der Waals surface area contributed by atoms with Crippen LogP contribution in [0.25, 0.3) is 0 Å². The van der Waals surface area contributed by atoms with Crippen LogP contribution < -0.4 is 0 Å². The van der Waals surface area contributed by atoms with E-state index >= 15 is 0 Å². The lowest BCUT2D eigenvalue weighted by Crippen LogP contribution is -2.36. The molecule has 0 atom stereocenters. The highest BCUT2D eigenvalue weighted by Crippen LogP contribution is 2.21. The zero-order chi connectivity index (χ0) is 12.7. The average molecular weight is 256 g/mol. The molecule has 100 valence electrons. The first kappa shape index (κ1) is 14.6. The Balaban J connectivity index is 2.17. The third-order valence-corrected chi connectivity index (χ3v) is 8.55. The SMILES string of the molecule is CC[Si](CC)(CC)OCCCN1C=CN(C)C1. The average Bonchev–Trinajstić information content (AvgIpc) is 2.76. The molecule has 0 unspecified atom stereocenters. The minimum absolute atomic E-state index is 0.940. The molecule has 1 heterocycles. The molecule has 0 N–H and O–H groups in total. The van der Waals surface area contributed by atoms with Crippen molar-refractivity contribution in [2.24, 2.45) is 0 Å². The Labute approximate surface area is 108 Å². The molecule has 0 aromatic carbocycles. The first-order valence-corrected chi connectivity index (χ1v) is 9.45. The van der Waals surface area contributed by atoms with Crippen molar-refractivity contribution in [2.75, 3.05) is 26.9 Å². The zero-order valence-electron chi connectivity index (χ0n) is 11.9. The van der Waals surface area contributed by atoms with Crippen LogP contribution in [0.15, 0.2) is 12.4 Å². The fourth-order valence-corrected chi connectivity index (χ4v) is 5.04. The van der Waals surface area contributed by atoms with Gasteiger partial charge in [-0.25, -0.2) is 0 Å². The van der Waals surface area contributed by atoms with Crippen molar-refractivity contribution < 1.29 is 4.43 Å². The number of hydrogen-bond acceptors (Lipinski definition) is 3. The fourth-order valence-electron chi connectivity index (χ4n) is 2.35. The maximum absolute atomic E-state index is 6.24. The van der Waals surface area contributed by atoms with Crippen LogP contribution in [0.4, 0.5) is 0 Å². The largest absolute Gasteiger partial charge is 0.417 e. The highest BCUT2D eigenvalue weighted by molar-refractivity contribution is 6.73. The van der Waals surface area contributed by atoms with Gasteiger partial charge in [0.05, 0.1) is 6.67 Å². The second kappa shape index (κ2) is 7.06. The van der Waals surface area contributed by atoms with Crippen LogP contribution in [-0.2, 0) is 4.43 Å². The summed E-state index contributed by atoms with van der Waals surface area (Å²) in [5.74, 6) is 0. The molecule has 17 heavy (non-hydrogen) atoms. The van der Waals surface area contributed by atoms with Gasteiger partial charge in [0.15, 0.2) is 8.32 Å². The highest BCUT2D eigenvalue weighted by atomic mass is 28.4. The van der Waals surface area contributed by atoms with Crippen LogP contribution in [0.5, 0.6) is 0 Å². The number of nitrogens with zero attached hydrogens (tertiary/aromatic N) is 2. The maximum Gasteiger partial charge on any atom is 0.191 e. The van der Waals surface area contributed by atoms with E-state index in [-0.39, 0.29) is 0 Å². The molecule has 0 bridgehead atoms. The monoisotopic (exact) mass is 256 g/mol. The lowest BCUT2D eigenvalue weighted by molar-refractivity contribution is 0.245. The first-order chi connectivity index (χ1) is 8.15. The van der Waals surface area contributed by atoms with Crippen LogP contribution in [0.3, 0.4) is 0 Å². The molecular formula is C13H28N2OSi. The summed E-state index contributed by atoms with van der Waals surface area (Å²) in [5, 5.41) is 0. The zero-order valence-corrected chi connectivity index (χ0v) is 12.9. The van der Waals surface area contributed by atoms with E-state index in [1.807, 2.05) is 0 Å². The molecule has 0 fully saturated rings. The Morgan fingerprint density at radius 3 is 2.24 bits per heavy atom. The maximum atomic E-state index is 6.24. The minimum atomic E-state index is -1.35. The van der Waals surface area contributed by atoms with Gasteiger partial charge in [-0.1, -0.05) is 20.8 Å². The van der Waals surface area contributed by atoms with Gasteiger partial charge in [-0.2, -0.15) is 0 Å². The summed E-state index contributed by atoms with van der Waals surface area (Å²) in [7, 11) is 0.753. The molecule has 1 aliphatic heterocycles. The van der Waals surface area contributed by atoms with Crippen LogP contribution in [0.2, 0.25) is 18.1 Å². The Morgan fingerprint density at radius 2 is 1.76 bits per heavy atom. The van der Waals surface area contributed by atoms with E-state index in [0.29, 0.717) is 0 Å². The van der Waals surface area contributed by atoms with Gasteiger partial charge in [-0.05, 0) is 24.6 Å². The molecule has 3 nitrogen and oxygen atoms in total. The molecule has 4 heteroatoms. The molecule has 0 aliphatic carbocycles. The summed E-state index contributed by atoms with van der Waals surface area (Å²) >= 11 is 0. The van der Waals surface area contributed by atoms with E-state index in [1.54, 1.807) is 0 Å². The molecule has 0 amide bonds. The number of rotatable bonds is 8. The van der Waals surface area contributed by atoms with Gasteiger partial charge < -0.3 is 14.2 Å². The fraction of sp³-hybridized carbons (Fsp3) is 0.846. The van der Waals surface area contributed by atoms with Gasteiger partial charge in [0.25, 0.3) is 0 Å². The van der Waals surface area contributed by atoms with E-state index in [2.05, 4.69) is 50.0 Å². The standard InChI is InChI=1S/C13H28N2OSi/c1-5-17(6-2,7-3)16-12-8-9-15-11-10-14(4)13-15/h10-11H,5-9,12-13H2,1-4H3. The summed E-state index contributed by atoms with van der Waals surface area (Å²) in [5.41, 5.74) is 0. The molecule has 1 rings (SSSR count). The Bertz CT molecular complexity index is 233. The van der Waals surface area contributed by atoms with Crippen molar-refractivity contribution in [3.8, 4) is 0 Å². The third kappa shape index (κ3) is 4.35. The van der Waals surface area contributed by atoms with Crippen LogP contribution >= 0.6 is 0 Å². The summed E-state index contributed by atoms with van der Waals surface area (Å²) < 4.78 is 6.24. The van der Waals surface area contributed by atoms with E-state index in [1.165, 1.54) is 18.1 Å². The normalized spacial score (nSPS) is 16.0. The van der Waals surface area contributed by atoms with Gasteiger partial charge >= 0.3 is 0 Å². The van der Waals surface area contributed by atoms with Crippen molar-refractivity contribution in [1.82, 2.24) is 9.80 Å². The Hall–Kier alpha value is -0.483. The van der Waals surface area contributed by atoms with Crippen molar-refractivity contribution in [1.29, 1.82) is 0 Å². The van der Waals surface area contributed by atoms with Gasteiger partial charge in [0.2, 0.25) is 0 Å². The van der Waals surface area contributed by atoms with Crippen LogP contribution in [0, 0.1) is 0 Å². The lowest BCUT2D eigenvalue weighted by Gasteiger charge is -2.28. The molecule has 0 aromatic rings. The predicted molar refractivity (Wildman–Crippen MR) is 76.2 cm³/mol. The molecule has 0 saturated heterocycles. The molecular weight excluding hydrogens is 228 g/mol. The minimum Gasteiger partial charge on any atom is -0.417 e. The van der Waals surface area contributed by atoms with E-state index < -0.39 is 8.32 Å². The molecule has 0 radical (unpaired) electrons. The molecule has 0 saturated carbocycles. The van der Waals surface area contributed by atoms with Crippen molar-refractivity contribution in [2.45, 2.75) is 45.3 Å². The quantitative estimate of drug-likeness (QED) is 0.490. The number of hydrogen-bond donors (Lipinski definition) is 0. The predicted octanol–water partition coefficient (Wildman–Crippen LogP) is 3.07. The smallest absolute Gasteiger partial charge is 0.191 e. The van der Waals surface area contributed by atoms with Crippen LogP contribution in [-0.4, -0.2) is 45.0 Å². The molecule has 1 aliphatic rings. The van der Waals surface area contributed by atoms with Crippen molar-refractivity contribution in [3.05, 3.63) is 12.4 Å². The Morgan fingerprint density at radius 1 is 1.12 bits per heavy atom. The molecule has 0 spiro atoms. The van der Waals surface area contributed by atoms with Crippen molar-refractivity contribution >= 4 is 8.32 Å². The Kier molecular flexibility index (Phi) is 6.06. The van der Waals surface area contributed by atoms with E-state index in [0.717, 1.165) is 26.2 Å². The van der Waals surface area contributed by atoms with Gasteiger partial charge in [-0.3, -0.25) is 0 Å². The van der Waals surface area contributed by atoms with Crippen molar-refractivity contribution in [3.63, 3.8) is 0 Å². The lowest BCUT2D eigenvalue weighted by atomic mass is 10.4. The van der Waals surface area contributed by atoms with Gasteiger partial charge in [-0.15, -0.1) is 0 Å². The second-order valence-corrected chi connectivity index (χ2v) is 9.73. The van der Waals surface area contributed by atoms with Gasteiger partial charge in [0.1, 0.15) is 0 Å². The van der Waals surface area contributed by atoms with E-state index in [9.17, 15) is 0 Å². The second-order valence-electron chi connectivity index (χ2n) is 4.95. The van der Waals surface area contributed by atoms with E-state index in [4.69, 9.17) is 4.43 Å². The summed E-state index contributed by atoms with van der Waals surface area (Å²) in [6, 6.07) is 3.77. The third-order valence-electron chi connectivity index (χ3n) is 3.87. The van der Waals surface area contributed by atoms with Crippen LogP contribution in [0.1, 0.15) is 27.2 Å². The molecule has 0 aromatic heterocycles. The summed E-state index contributed by atoms with van der Waals surface area (Å²) in [6.07, 6.45) is 5.45. The van der Waals surface area contributed by atoms with Gasteiger partial charge in [0, 0.05) is 32.6 Å². The topological polar surface area (TPSA) is 15.7 Å². The summed E-state index contributed by atoms with van der Waals surface area (Å²) in [4.78, 5) is 4.54. The first-order valence-electron chi connectivity index (χ1n) is 6.92. The highest BCUT2D eigenvalue weighted by Gasteiger charge is 2.28. The summed E-state index contributed by atoms with van der Waals surface area (Å²) in [6.45, 7) is 9.95.